The van der Waals surface area contributed by atoms with E-state index in [0.29, 0.717) is 30.1 Å². The van der Waals surface area contributed by atoms with Gasteiger partial charge in [0.25, 0.3) is 0 Å². The number of benzene rings is 1. The monoisotopic (exact) mass is 309 g/mol. The van der Waals surface area contributed by atoms with Crippen LogP contribution in [0.25, 0.3) is 0 Å². The Morgan fingerprint density at radius 2 is 2.29 bits per heavy atom. The number of aryl methyl sites for hydroxylation is 1. The van der Waals surface area contributed by atoms with Crippen LogP contribution < -0.4 is 11.1 Å². The Morgan fingerprint density at radius 1 is 1.52 bits per heavy atom. The lowest BCUT2D eigenvalue weighted by Gasteiger charge is -2.38. The first-order valence-corrected chi connectivity index (χ1v) is 7.89. The Kier molecular flexibility index (Phi) is 5.62. The number of anilines is 1. The quantitative estimate of drug-likeness (QED) is 0.899. The van der Waals surface area contributed by atoms with E-state index in [1.807, 2.05) is 19.1 Å². The molecule has 0 aliphatic carbocycles. The van der Waals surface area contributed by atoms with Crippen molar-refractivity contribution in [3.63, 3.8) is 0 Å². The zero-order valence-electron chi connectivity index (χ0n) is 12.7. The Bertz CT molecular complexity index is 506. The van der Waals surface area contributed by atoms with E-state index < -0.39 is 0 Å². The number of hydrogen-bond acceptors (Lipinski definition) is 3. The number of nitrogens with two attached hydrogens (primary N) is 1. The molecule has 1 aromatic rings. The predicted molar refractivity (Wildman–Crippen MR) is 87.6 cm³/mol. The largest absolute Gasteiger partial charge is 0.329 e. The highest BCUT2D eigenvalue weighted by Gasteiger charge is 2.28. The molecule has 1 saturated heterocycles. The number of hydrogen-bond donors (Lipinski definition) is 2. The molecule has 3 N–H and O–H groups in total. The van der Waals surface area contributed by atoms with E-state index in [1.54, 1.807) is 6.07 Å². The second-order valence-electron chi connectivity index (χ2n) is 5.90. The van der Waals surface area contributed by atoms with Crippen LogP contribution in [-0.4, -0.2) is 36.5 Å². The molecule has 0 aromatic heterocycles. The van der Waals surface area contributed by atoms with Crippen LogP contribution in [0.1, 0.15) is 25.3 Å². The molecule has 1 heterocycles. The number of rotatable bonds is 4. The zero-order valence-corrected chi connectivity index (χ0v) is 13.5. The first-order chi connectivity index (χ1) is 10.0. The van der Waals surface area contributed by atoms with E-state index in [9.17, 15) is 4.79 Å². The van der Waals surface area contributed by atoms with Gasteiger partial charge in [-0.25, -0.2) is 0 Å². The maximum absolute atomic E-state index is 12.3. The Hall–Kier alpha value is -1.10. The zero-order chi connectivity index (χ0) is 15.4. The van der Waals surface area contributed by atoms with Crippen molar-refractivity contribution in [2.75, 3.05) is 25.0 Å². The van der Waals surface area contributed by atoms with Gasteiger partial charge >= 0.3 is 0 Å². The van der Waals surface area contributed by atoms with Crippen LogP contribution in [0.5, 0.6) is 0 Å². The summed E-state index contributed by atoms with van der Waals surface area (Å²) in [5.41, 5.74) is 7.65. The minimum Gasteiger partial charge on any atom is -0.329 e. The molecular formula is C16H24ClN3O. The van der Waals surface area contributed by atoms with Crippen LogP contribution in [0, 0.1) is 12.8 Å². The number of likely N-dealkylation sites (tertiary alicyclic amines) is 1. The summed E-state index contributed by atoms with van der Waals surface area (Å²) in [6.07, 6.45) is 2.32. The molecule has 2 atom stereocenters. The van der Waals surface area contributed by atoms with E-state index >= 15 is 0 Å². The number of carbonyl (C=O) groups is 1. The molecule has 0 radical (unpaired) electrons. The molecule has 0 saturated carbocycles. The number of halogens is 1. The molecule has 116 valence electrons. The minimum absolute atomic E-state index is 0.00738. The SMILES string of the molecule is Cc1cc(Cl)ccc1NC(=O)CN1CCCC(C)C1CN. The number of nitrogens with one attached hydrogen (secondary N) is 1. The molecule has 2 rings (SSSR count). The topological polar surface area (TPSA) is 58.4 Å². The molecule has 1 aliphatic rings. The Morgan fingerprint density at radius 3 is 2.95 bits per heavy atom. The van der Waals surface area contributed by atoms with Crippen molar-refractivity contribution in [3.8, 4) is 0 Å². The fourth-order valence-electron chi connectivity index (χ4n) is 3.05. The van der Waals surface area contributed by atoms with E-state index in [4.69, 9.17) is 17.3 Å². The van der Waals surface area contributed by atoms with Gasteiger partial charge in [-0.15, -0.1) is 0 Å². The first kappa shape index (κ1) is 16.3. The van der Waals surface area contributed by atoms with Crippen LogP contribution in [-0.2, 0) is 4.79 Å². The molecule has 1 fully saturated rings. The van der Waals surface area contributed by atoms with Gasteiger partial charge in [-0.05, 0) is 56.0 Å². The van der Waals surface area contributed by atoms with E-state index in [0.717, 1.165) is 24.2 Å². The fraction of sp³-hybridized carbons (Fsp3) is 0.562. The lowest BCUT2D eigenvalue weighted by atomic mass is 9.91. The van der Waals surface area contributed by atoms with Crippen molar-refractivity contribution in [2.24, 2.45) is 11.7 Å². The van der Waals surface area contributed by atoms with Crippen LogP contribution in [0.3, 0.4) is 0 Å². The normalized spacial score (nSPS) is 23.0. The summed E-state index contributed by atoms with van der Waals surface area (Å²) in [6.45, 7) is 6.10. The maximum Gasteiger partial charge on any atom is 0.238 e. The highest BCUT2D eigenvalue weighted by molar-refractivity contribution is 6.30. The van der Waals surface area contributed by atoms with Gasteiger partial charge in [0.1, 0.15) is 0 Å². The van der Waals surface area contributed by atoms with Gasteiger partial charge in [0.05, 0.1) is 6.54 Å². The van der Waals surface area contributed by atoms with Crippen molar-refractivity contribution >= 4 is 23.2 Å². The maximum atomic E-state index is 12.3. The molecule has 1 aromatic carbocycles. The Labute approximate surface area is 131 Å². The van der Waals surface area contributed by atoms with Crippen molar-refractivity contribution in [1.82, 2.24) is 4.90 Å². The number of amides is 1. The third-order valence-electron chi connectivity index (χ3n) is 4.28. The van der Waals surface area contributed by atoms with Gasteiger partial charge in [-0.1, -0.05) is 18.5 Å². The first-order valence-electron chi connectivity index (χ1n) is 7.51. The van der Waals surface area contributed by atoms with E-state index in [-0.39, 0.29) is 5.91 Å². The summed E-state index contributed by atoms with van der Waals surface area (Å²) >= 11 is 5.93. The molecule has 0 bridgehead atoms. The smallest absolute Gasteiger partial charge is 0.238 e. The molecule has 4 nitrogen and oxygen atoms in total. The summed E-state index contributed by atoms with van der Waals surface area (Å²) in [4.78, 5) is 14.5. The highest BCUT2D eigenvalue weighted by atomic mass is 35.5. The average Bonchev–Trinajstić information content (AvgIpc) is 2.42. The van der Waals surface area contributed by atoms with Gasteiger partial charge < -0.3 is 11.1 Å². The van der Waals surface area contributed by atoms with Gasteiger partial charge in [-0.3, -0.25) is 9.69 Å². The van der Waals surface area contributed by atoms with Crippen molar-refractivity contribution in [1.29, 1.82) is 0 Å². The van der Waals surface area contributed by atoms with Gasteiger partial charge in [-0.2, -0.15) is 0 Å². The van der Waals surface area contributed by atoms with Gasteiger partial charge in [0, 0.05) is 23.3 Å². The Balaban J connectivity index is 1.97. The van der Waals surface area contributed by atoms with E-state index in [1.165, 1.54) is 6.42 Å². The van der Waals surface area contributed by atoms with Crippen molar-refractivity contribution < 1.29 is 4.79 Å². The van der Waals surface area contributed by atoms with Crippen LogP contribution in [0.15, 0.2) is 18.2 Å². The fourth-order valence-corrected chi connectivity index (χ4v) is 3.28. The summed E-state index contributed by atoms with van der Waals surface area (Å²) in [5, 5.41) is 3.64. The lowest BCUT2D eigenvalue weighted by Crippen LogP contribution is -2.51. The molecule has 1 aliphatic heterocycles. The third kappa shape index (κ3) is 4.19. The highest BCUT2D eigenvalue weighted by Crippen LogP contribution is 2.23. The van der Waals surface area contributed by atoms with Crippen LogP contribution in [0.4, 0.5) is 5.69 Å². The van der Waals surface area contributed by atoms with Crippen molar-refractivity contribution in [3.05, 3.63) is 28.8 Å². The van der Waals surface area contributed by atoms with Crippen LogP contribution in [0.2, 0.25) is 5.02 Å². The summed E-state index contributed by atoms with van der Waals surface area (Å²) in [5.74, 6) is 0.557. The van der Waals surface area contributed by atoms with E-state index in [2.05, 4.69) is 17.1 Å². The van der Waals surface area contributed by atoms with Crippen LogP contribution >= 0.6 is 11.6 Å². The molecular weight excluding hydrogens is 286 g/mol. The minimum atomic E-state index is 0.00738. The van der Waals surface area contributed by atoms with Gasteiger partial charge in [0.15, 0.2) is 0 Å². The lowest BCUT2D eigenvalue weighted by molar-refractivity contribution is -0.118. The summed E-state index contributed by atoms with van der Waals surface area (Å²) in [6, 6.07) is 5.78. The average molecular weight is 310 g/mol. The number of nitrogens with zero attached hydrogens (tertiary/aromatic N) is 1. The second-order valence-corrected chi connectivity index (χ2v) is 6.34. The second kappa shape index (κ2) is 7.25. The number of carbonyl (C=O) groups excluding carboxylic acids is 1. The molecule has 0 spiro atoms. The third-order valence-corrected chi connectivity index (χ3v) is 4.52. The number of piperidine rings is 1. The standard InChI is InChI=1S/C16H24ClN3O/c1-11-4-3-7-20(15(11)9-18)10-16(21)19-14-6-5-13(17)8-12(14)2/h5-6,8,11,15H,3-4,7,9-10,18H2,1-2H3,(H,19,21). The molecule has 21 heavy (non-hydrogen) atoms. The summed E-state index contributed by atoms with van der Waals surface area (Å²) < 4.78 is 0. The molecule has 2 unspecified atom stereocenters. The summed E-state index contributed by atoms with van der Waals surface area (Å²) in [7, 11) is 0. The predicted octanol–water partition coefficient (Wildman–Crippen LogP) is 2.65. The molecule has 5 heteroatoms. The molecule has 1 amide bonds. The van der Waals surface area contributed by atoms with Gasteiger partial charge in [0.2, 0.25) is 5.91 Å². The van der Waals surface area contributed by atoms with Crippen molar-refractivity contribution in [2.45, 2.75) is 32.7 Å².